The van der Waals surface area contributed by atoms with Gasteiger partial charge >= 0.3 is 5.69 Å². The lowest BCUT2D eigenvalue weighted by Gasteiger charge is -2.36. The van der Waals surface area contributed by atoms with E-state index in [0.29, 0.717) is 0 Å². The van der Waals surface area contributed by atoms with Gasteiger partial charge in [-0.25, -0.2) is 14.8 Å². The van der Waals surface area contributed by atoms with Gasteiger partial charge in [0, 0.05) is 61.5 Å². The maximum atomic E-state index is 12.3. The molecule has 0 amide bonds. The highest BCUT2D eigenvalue weighted by Crippen LogP contribution is 2.24. The van der Waals surface area contributed by atoms with Gasteiger partial charge in [0.2, 0.25) is 0 Å². The Morgan fingerprint density at radius 2 is 1.54 bits per heavy atom. The molecule has 0 radical (unpaired) electrons. The average molecular weight is 505 g/mol. The zero-order valence-electron chi connectivity index (χ0n) is 22.8. The highest BCUT2D eigenvalue weighted by Gasteiger charge is 2.23. The van der Waals surface area contributed by atoms with E-state index in [-0.39, 0.29) is 28.9 Å². The van der Waals surface area contributed by atoms with Crippen molar-refractivity contribution in [2.24, 2.45) is 0 Å². The fourth-order valence-electron chi connectivity index (χ4n) is 4.20. The average Bonchev–Trinajstić information content (AvgIpc) is 2.77. The number of unbranched alkanes of at least 4 members (excludes halogenated alkanes) is 1. The van der Waals surface area contributed by atoms with E-state index in [9.17, 15) is 4.79 Å². The number of anilines is 1. The van der Waals surface area contributed by atoms with E-state index in [2.05, 4.69) is 69.3 Å². The third kappa shape index (κ3) is 8.28. The van der Waals surface area contributed by atoms with Crippen molar-refractivity contribution >= 4 is 18.2 Å². The molecule has 0 bridgehead atoms. The minimum Gasteiger partial charge on any atom is -0.354 e. The van der Waals surface area contributed by atoms with Crippen molar-refractivity contribution in [3.8, 4) is 0 Å². The Labute approximate surface area is 217 Å². The van der Waals surface area contributed by atoms with E-state index in [1.807, 2.05) is 12.3 Å². The van der Waals surface area contributed by atoms with Crippen molar-refractivity contribution in [2.75, 3.05) is 37.6 Å². The van der Waals surface area contributed by atoms with Crippen LogP contribution in [0.4, 0.5) is 5.82 Å². The molecule has 0 aliphatic carbocycles. The second-order valence-electron chi connectivity index (χ2n) is 11.6. The van der Waals surface area contributed by atoms with Gasteiger partial charge in [0.1, 0.15) is 11.6 Å². The number of aryl methyl sites for hydroxylation is 2. The summed E-state index contributed by atoms with van der Waals surface area (Å²) in [7, 11) is 0. The Hall–Kier alpha value is -1.99. The highest BCUT2D eigenvalue weighted by atomic mass is 35.5. The Bertz CT molecular complexity index is 1000. The van der Waals surface area contributed by atoms with Gasteiger partial charge in [-0.1, -0.05) is 54.9 Å². The third-order valence-corrected chi connectivity index (χ3v) is 6.40. The topological polar surface area (TPSA) is 67.2 Å². The van der Waals surface area contributed by atoms with Crippen molar-refractivity contribution in [3.63, 3.8) is 0 Å². The number of hydrogen-bond donors (Lipinski definition) is 0. The molecule has 0 saturated carbocycles. The molecule has 0 N–H and O–H groups in total. The third-order valence-electron chi connectivity index (χ3n) is 6.40. The lowest BCUT2D eigenvalue weighted by molar-refractivity contribution is 0.250. The minimum atomic E-state index is -0.136. The molecule has 0 spiro atoms. The van der Waals surface area contributed by atoms with Gasteiger partial charge in [-0.15, -0.1) is 12.4 Å². The van der Waals surface area contributed by atoms with Crippen molar-refractivity contribution < 1.29 is 0 Å². The summed E-state index contributed by atoms with van der Waals surface area (Å²) in [6.07, 6.45) is 6.05. The van der Waals surface area contributed by atoms with Gasteiger partial charge in [-0.3, -0.25) is 9.47 Å². The molecule has 0 unspecified atom stereocenters. The van der Waals surface area contributed by atoms with Crippen LogP contribution in [0, 0.1) is 0 Å². The van der Waals surface area contributed by atoms with Crippen LogP contribution in [-0.2, 0) is 23.8 Å². The molecule has 196 valence electrons. The number of nitrogens with zero attached hydrogens (tertiary/aromatic N) is 6. The summed E-state index contributed by atoms with van der Waals surface area (Å²) in [5.41, 5.74) is 1.72. The van der Waals surface area contributed by atoms with Gasteiger partial charge in [-0.05, 0) is 31.9 Å². The predicted octanol–water partition coefficient (Wildman–Crippen LogP) is 4.61. The van der Waals surface area contributed by atoms with Crippen LogP contribution in [0.1, 0.15) is 84.9 Å². The smallest absolute Gasteiger partial charge is 0.347 e. The van der Waals surface area contributed by atoms with Crippen LogP contribution in [0.25, 0.3) is 0 Å². The van der Waals surface area contributed by atoms with Gasteiger partial charge in [-0.2, -0.15) is 4.98 Å². The molecule has 2 aromatic rings. The van der Waals surface area contributed by atoms with Crippen molar-refractivity contribution in [1.82, 2.24) is 24.4 Å². The van der Waals surface area contributed by atoms with E-state index in [1.165, 1.54) is 0 Å². The second kappa shape index (κ2) is 12.3. The van der Waals surface area contributed by atoms with Gasteiger partial charge < -0.3 is 4.90 Å². The number of hydrogen-bond acceptors (Lipinski definition) is 6. The molecule has 35 heavy (non-hydrogen) atoms. The molecule has 7 nitrogen and oxygen atoms in total. The zero-order valence-corrected chi connectivity index (χ0v) is 23.6. The van der Waals surface area contributed by atoms with Gasteiger partial charge in [0.15, 0.2) is 0 Å². The minimum absolute atomic E-state index is 0. The summed E-state index contributed by atoms with van der Waals surface area (Å²) in [5.74, 6) is 2.02. The van der Waals surface area contributed by atoms with E-state index in [0.717, 1.165) is 88.0 Å². The van der Waals surface area contributed by atoms with Crippen LogP contribution in [0.3, 0.4) is 0 Å². The zero-order chi connectivity index (χ0) is 24.9. The van der Waals surface area contributed by atoms with E-state index < -0.39 is 0 Å². The summed E-state index contributed by atoms with van der Waals surface area (Å²) in [5, 5.41) is 0. The second-order valence-corrected chi connectivity index (χ2v) is 11.6. The van der Waals surface area contributed by atoms with Crippen LogP contribution < -0.4 is 10.6 Å². The molecule has 8 heteroatoms. The summed E-state index contributed by atoms with van der Waals surface area (Å²) >= 11 is 0. The first-order chi connectivity index (χ1) is 16.0. The van der Waals surface area contributed by atoms with Crippen LogP contribution in [0.15, 0.2) is 23.1 Å². The molecule has 3 rings (SSSR count). The van der Waals surface area contributed by atoms with Crippen LogP contribution in [0.5, 0.6) is 0 Å². The maximum Gasteiger partial charge on any atom is 0.347 e. The lowest BCUT2D eigenvalue weighted by Crippen LogP contribution is -2.47. The first-order valence-electron chi connectivity index (χ1n) is 12.9. The first kappa shape index (κ1) is 29.2. The molecule has 3 heterocycles. The number of halogens is 1. The normalized spacial score (nSPS) is 15.2. The monoisotopic (exact) mass is 504 g/mol. The molecular formula is C27H45ClN6O. The molecule has 1 aliphatic heterocycles. The number of rotatable bonds is 8. The molecule has 0 aromatic carbocycles. The molecule has 1 fully saturated rings. The SMILES string of the molecule is CCCc1cc(N2CCN(CCCCn3ccc(C(C)(C)C)nc3=O)CC2)nc(C(C)(C)C)n1.Cl. The first-order valence-corrected chi connectivity index (χ1v) is 12.9. The van der Waals surface area contributed by atoms with Crippen LogP contribution in [-0.4, -0.2) is 57.1 Å². The van der Waals surface area contributed by atoms with E-state index in [1.54, 1.807) is 4.57 Å². The summed E-state index contributed by atoms with van der Waals surface area (Å²) in [6, 6.07) is 4.16. The van der Waals surface area contributed by atoms with Crippen molar-refractivity contribution in [1.29, 1.82) is 0 Å². The molecule has 2 aromatic heterocycles. The summed E-state index contributed by atoms with van der Waals surface area (Å²) in [4.78, 5) is 31.3. The fourth-order valence-corrected chi connectivity index (χ4v) is 4.20. The molecule has 0 atom stereocenters. The largest absolute Gasteiger partial charge is 0.354 e. The number of aromatic nitrogens is 4. The predicted molar refractivity (Wildman–Crippen MR) is 147 cm³/mol. The van der Waals surface area contributed by atoms with Crippen LogP contribution >= 0.6 is 12.4 Å². The van der Waals surface area contributed by atoms with Crippen LogP contribution in [0.2, 0.25) is 0 Å². The number of piperazine rings is 1. The molecule has 1 saturated heterocycles. The Balaban J connectivity index is 0.00000432. The van der Waals surface area contributed by atoms with Crippen molar-refractivity contribution in [2.45, 2.75) is 91.5 Å². The van der Waals surface area contributed by atoms with Gasteiger partial charge in [0.05, 0.1) is 5.69 Å². The Morgan fingerprint density at radius 3 is 2.11 bits per heavy atom. The quantitative estimate of drug-likeness (QED) is 0.489. The molecule has 1 aliphatic rings. The lowest BCUT2D eigenvalue weighted by atomic mass is 9.92. The van der Waals surface area contributed by atoms with Crippen molar-refractivity contribution in [3.05, 3.63) is 46.0 Å². The van der Waals surface area contributed by atoms with E-state index in [4.69, 9.17) is 9.97 Å². The Morgan fingerprint density at radius 1 is 0.886 bits per heavy atom. The summed E-state index contributed by atoms with van der Waals surface area (Å²) in [6.45, 7) is 20.8. The highest BCUT2D eigenvalue weighted by molar-refractivity contribution is 5.85. The van der Waals surface area contributed by atoms with Gasteiger partial charge in [0.25, 0.3) is 0 Å². The Kier molecular flexibility index (Phi) is 10.3. The molecular weight excluding hydrogens is 460 g/mol. The van der Waals surface area contributed by atoms with E-state index >= 15 is 0 Å². The summed E-state index contributed by atoms with van der Waals surface area (Å²) < 4.78 is 1.74. The standard InChI is InChI=1S/C27H44N6O.ClH/c1-8-11-21-20-23(30-24(28-21)27(5,6)7)32-18-16-31(17-19-32)13-9-10-14-33-15-12-22(26(2,3)4)29-25(33)34;/h12,15,20H,8-11,13-14,16-19H2,1-7H3;1H. The fraction of sp³-hybridized carbons (Fsp3) is 0.704. The maximum absolute atomic E-state index is 12.3.